The number of hydrogen-bond donors (Lipinski definition) is 0. The molecule has 1 aromatic heterocycles. The summed E-state index contributed by atoms with van der Waals surface area (Å²) >= 11 is 0. The molecule has 20 heavy (non-hydrogen) atoms. The summed E-state index contributed by atoms with van der Waals surface area (Å²) in [6.45, 7) is 4.35. The predicted molar refractivity (Wildman–Crippen MR) is 77.3 cm³/mol. The van der Waals surface area contributed by atoms with Gasteiger partial charge in [-0.25, -0.2) is 8.42 Å². The van der Waals surface area contributed by atoms with Gasteiger partial charge in [0.25, 0.3) is 14.2 Å². The van der Waals surface area contributed by atoms with Gasteiger partial charge in [0.2, 0.25) is 0 Å². The van der Waals surface area contributed by atoms with Gasteiger partial charge in [-0.2, -0.15) is 0 Å². The van der Waals surface area contributed by atoms with E-state index in [0.29, 0.717) is 18.8 Å². The molecule has 0 bridgehead atoms. The van der Waals surface area contributed by atoms with Gasteiger partial charge < -0.3 is 4.57 Å². The molecule has 1 aromatic carbocycles. The zero-order chi connectivity index (χ0) is 14.8. The van der Waals surface area contributed by atoms with Crippen molar-refractivity contribution in [3.63, 3.8) is 0 Å². The fourth-order valence-corrected chi connectivity index (χ4v) is 3.10. The summed E-state index contributed by atoms with van der Waals surface area (Å²) < 4.78 is 24.3. The van der Waals surface area contributed by atoms with Crippen molar-refractivity contribution in [2.24, 2.45) is 0 Å². The van der Waals surface area contributed by atoms with Crippen LogP contribution >= 0.6 is 10.7 Å². The van der Waals surface area contributed by atoms with Crippen molar-refractivity contribution < 1.29 is 8.42 Å². The maximum Gasteiger partial charge on any atom is 0.296 e. The highest BCUT2D eigenvalue weighted by Crippen LogP contribution is 2.15. The number of aromatic nitrogens is 3. The van der Waals surface area contributed by atoms with Gasteiger partial charge in [0.05, 0.1) is 0 Å². The highest BCUT2D eigenvalue weighted by molar-refractivity contribution is 8.13. The molecule has 0 saturated heterocycles. The number of hydrogen-bond acceptors (Lipinski definition) is 4. The molecular weight excluding hydrogens is 298 g/mol. The largest absolute Gasteiger partial charge is 0.301 e. The van der Waals surface area contributed by atoms with Crippen LogP contribution in [0.25, 0.3) is 0 Å². The minimum Gasteiger partial charge on any atom is -0.301 e. The first-order chi connectivity index (χ1) is 9.41. The van der Waals surface area contributed by atoms with Crippen LogP contribution in [0.15, 0.2) is 29.4 Å². The summed E-state index contributed by atoms with van der Waals surface area (Å²) in [4.78, 5) is 0. The Bertz CT molecular complexity index is 710. The van der Waals surface area contributed by atoms with Gasteiger partial charge in [0.15, 0.2) is 0 Å². The van der Waals surface area contributed by atoms with Gasteiger partial charge in [-0.05, 0) is 25.8 Å². The Labute approximate surface area is 123 Å². The normalized spacial score (nSPS) is 11.8. The molecule has 0 N–H and O–H groups in total. The van der Waals surface area contributed by atoms with Crippen LogP contribution in [0.2, 0.25) is 0 Å². The number of rotatable bonds is 5. The fourth-order valence-electron chi connectivity index (χ4n) is 2.13. The van der Waals surface area contributed by atoms with Crippen molar-refractivity contribution in [3.8, 4) is 0 Å². The zero-order valence-corrected chi connectivity index (χ0v) is 12.9. The van der Waals surface area contributed by atoms with E-state index >= 15 is 0 Å². The summed E-state index contributed by atoms with van der Waals surface area (Å²) in [7, 11) is 1.49. The Morgan fingerprint density at radius 2 is 2.00 bits per heavy atom. The molecule has 0 unspecified atom stereocenters. The van der Waals surface area contributed by atoms with Gasteiger partial charge in [0.1, 0.15) is 5.82 Å². The molecule has 0 spiro atoms. The Morgan fingerprint density at radius 3 is 2.60 bits per heavy atom. The van der Waals surface area contributed by atoms with Crippen molar-refractivity contribution in [2.75, 3.05) is 0 Å². The lowest BCUT2D eigenvalue weighted by Gasteiger charge is -2.06. The molecule has 2 aromatic rings. The fraction of sp³-hybridized carbons (Fsp3) is 0.385. The van der Waals surface area contributed by atoms with Crippen LogP contribution in [0, 0.1) is 6.92 Å². The number of halogens is 1. The molecule has 0 fully saturated rings. The molecule has 0 amide bonds. The third-order valence-corrected chi connectivity index (χ3v) is 4.20. The van der Waals surface area contributed by atoms with Gasteiger partial charge in [-0.15, -0.1) is 10.2 Å². The number of aryl methyl sites for hydroxylation is 3. The lowest BCUT2D eigenvalue weighted by atomic mass is 10.1. The molecule has 0 radical (unpaired) electrons. The third kappa shape index (κ3) is 3.37. The zero-order valence-electron chi connectivity index (χ0n) is 11.4. The van der Waals surface area contributed by atoms with Crippen LogP contribution in [0.3, 0.4) is 0 Å². The molecule has 0 atom stereocenters. The molecule has 2 rings (SSSR count). The standard InChI is InChI=1S/C13H16ClN3O2S/c1-3-17-12(15-16-13(17)20(14,18)19)8-7-11-6-4-5-10(2)9-11/h4-6,9H,3,7-8H2,1-2H3. The average Bonchev–Trinajstić information content (AvgIpc) is 2.79. The Balaban J connectivity index is 2.20. The summed E-state index contributed by atoms with van der Waals surface area (Å²) in [5.74, 6) is 0.633. The molecule has 5 nitrogen and oxygen atoms in total. The summed E-state index contributed by atoms with van der Waals surface area (Å²) in [6, 6.07) is 8.19. The minimum absolute atomic E-state index is 0.180. The van der Waals surface area contributed by atoms with Crippen LogP contribution in [-0.4, -0.2) is 23.2 Å². The van der Waals surface area contributed by atoms with Gasteiger partial charge in [0, 0.05) is 23.6 Å². The van der Waals surface area contributed by atoms with Crippen molar-refractivity contribution in [1.82, 2.24) is 14.8 Å². The topological polar surface area (TPSA) is 64.8 Å². The van der Waals surface area contributed by atoms with Crippen LogP contribution in [0.4, 0.5) is 0 Å². The summed E-state index contributed by atoms with van der Waals surface area (Å²) in [5, 5.41) is 7.44. The Hall–Kier alpha value is -1.40. The van der Waals surface area contributed by atoms with Crippen LogP contribution < -0.4 is 0 Å². The van der Waals surface area contributed by atoms with Crippen LogP contribution in [0.1, 0.15) is 23.9 Å². The molecule has 0 aliphatic rings. The van der Waals surface area contributed by atoms with Crippen molar-refractivity contribution in [3.05, 3.63) is 41.2 Å². The van der Waals surface area contributed by atoms with E-state index in [2.05, 4.69) is 16.3 Å². The van der Waals surface area contributed by atoms with E-state index in [0.717, 1.165) is 6.42 Å². The van der Waals surface area contributed by atoms with E-state index in [1.165, 1.54) is 15.7 Å². The van der Waals surface area contributed by atoms with E-state index < -0.39 is 9.05 Å². The highest BCUT2D eigenvalue weighted by atomic mass is 35.7. The molecule has 108 valence electrons. The monoisotopic (exact) mass is 313 g/mol. The lowest BCUT2D eigenvalue weighted by molar-refractivity contribution is 0.574. The predicted octanol–water partition coefficient (Wildman–Crippen LogP) is 2.32. The first-order valence-corrected chi connectivity index (χ1v) is 8.65. The lowest BCUT2D eigenvalue weighted by Crippen LogP contribution is -2.09. The first-order valence-electron chi connectivity index (χ1n) is 6.34. The summed E-state index contributed by atoms with van der Waals surface area (Å²) in [5.41, 5.74) is 2.38. The Kier molecular flexibility index (Phi) is 4.45. The smallest absolute Gasteiger partial charge is 0.296 e. The first kappa shape index (κ1) is 15.0. The second-order valence-electron chi connectivity index (χ2n) is 4.57. The summed E-state index contributed by atoms with van der Waals surface area (Å²) in [6.07, 6.45) is 1.40. The average molecular weight is 314 g/mol. The minimum atomic E-state index is -3.85. The Morgan fingerprint density at radius 1 is 1.25 bits per heavy atom. The van der Waals surface area contributed by atoms with Crippen molar-refractivity contribution >= 4 is 19.7 Å². The van der Waals surface area contributed by atoms with Gasteiger partial charge in [-0.3, -0.25) is 0 Å². The molecule has 0 aliphatic heterocycles. The maximum absolute atomic E-state index is 11.4. The van der Waals surface area contributed by atoms with Gasteiger partial charge in [-0.1, -0.05) is 29.8 Å². The van der Waals surface area contributed by atoms with Crippen LogP contribution in [-0.2, 0) is 28.4 Å². The number of nitrogens with zero attached hydrogens (tertiary/aromatic N) is 3. The third-order valence-electron chi connectivity index (χ3n) is 3.05. The van der Waals surface area contributed by atoms with E-state index in [-0.39, 0.29) is 5.16 Å². The van der Waals surface area contributed by atoms with Gasteiger partial charge >= 0.3 is 0 Å². The van der Waals surface area contributed by atoms with E-state index in [1.807, 2.05) is 32.0 Å². The van der Waals surface area contributed by atoms with E-state index in [1.54, 1.807) is 0 Å². The van der Waals surface area contributed by atoms with Crippen molar-refractivity contribution in [1.29, 1.82) is 0 Å². The molecule has 0 aliphatic carbocycles. The van der Waals surface area contributed by atoms with Crippen LogP contribution in [0.5, 0.6) is 0 Å². The molecular formula is C13H16ClN3O2S. The second-order valence-corrected chi connectivity index (χ2v) is 7.03. The molecule has 0 saturated carbocycles. The quantitative estimate of drug-likeness (QED) is 0.795. The van der Waals surface area contributed by atoms with E-state index in [9.17, 15) is 8.42 Å². The molecule has 1 heterocycles. The van der Waals surface area contributed by atoms with E-state index in [4.69, 9.17) is 10.7 Å². The second kappa shape index (κ2) is 5.93. The molecule has 7 heteroatoms. The number of benzene rings is 1. The maximum atomic E-state index is 11.4. The van der Waals surface area contributed by atoms with Crippen molar-refractivity contribution in [2.45, 2.75) is 38.4 Å². The highest BCUT2D eigenvalue weighted by Gasteiger charge is 2.21. The SMILES string of the molecule is CCn1c(CCc2cccc(C)c2)nnc1S(=O)(=O)Cl.